The maximum Gasteiger partial charge on any atom is 0.266 e. The molecule has 2 heterocycles. The predicted octanol–water partition coefficient (Wildman–Crippen LogP) is 2.68. The molecule has 2 N–H and O–H groups in total. The van der Waals surface area contributed by atoms with Crippen LogP contribution in [0, 0.1) is 11.8 Å². The zero-order valence-electron chi connectivity index (χ0n) is 20.7. The van der Waals surface area contributed by atoms with Gasteiger partial charge in [0.25, 0.3) is 5.91 Å². The smallest absolute Gasteiger partial charge is 0.266 e. The van der Waals surface area contributed by atoms with E-state index in [1.54, 1.807) is 5.48 Å². The van der Waals surface area contributed by atoms with Crippen LogP contribution in [0.2, 0.25) is 0 Å². The number of hydrogen-bond acceptors (Lipinski definition) is 6. The van der Waals surface area contributed by atoms with E-state index >= 15 is 0 Å². The molecule has 0 atom stereocenters. The van der Waals surface area contributed by atoms with E-state index in [2.05, 4.69) is 0 Å². The van der Waals surface area contributed by atoms with E-state index in [1.165, 1.54) is 36.4 Å². The molecule has 3 fully saturated rings. The summed E-state index contributed by atoms with van der Waals surface area (Å²) in [5.41, 5.74) is 1.57. The Morgan fingerprint density at radius 1 is 1.03 bits per heavy atom. The summed E-state index contributed by atoms with van der Waals surface area (Å²) < 4.78 is 31.8. The van der Waals surface area contributed by atoms with E-state index in [9.17, 15) is 23.2 Å². The molecule has 0 aromatic rings. The number of carbonyl (C=O) groups is 2. The van der Waals surface area contributed by atoms with Crippen molar-refractivity contribution in [1.82, 2.24) is 14.7 Å². The molecule has 3 aliphatic rings. The maximum absolute atomic E-state index is 13.4. The van der Waals surface area contributed by atoms with Crippen LogP contribution in [0.1, 0.15) is 83.5 Å². The van der Waals surface area contributed by atoms with Crippen LogP contribution in [-0.4, -0.2) is 79.3 Å². The summed E-state index contributed by atoms with van der Waals surface area (Å²) in [6.07, 6.45) is 11.4. The van der Waals surface area contributed by atoms with Crippen LogP contribution in [0.25, 0.3) is 0 Å². The number of ether oxygens (including phenoxy) is 1. The molecular formula is C24H43N3O6S. The Morgan fingerprint density at radius 2 is 1.68 bits per heavy atom. The first-order valence-corrected chi connectivity index (χ1v) is 14.5. The summed E-state index contributed by atoms with van der Waals surface area (Å²) in [7, 11) is -1.98. The van der Waals surface area contributed by atoms with Crippen molar-refractivity contribution >= 4 is 21.8 Å². The predicted molar refractivity (Wildman–Crippen MR) is 129 cm³/mol. The largest absolute Gasteiger partial charge is 0.381 e. The van der Waals surface area contributed by atoms with Crippen molar-refractivity contribution in [3.8, 4) is 0 Å². The first kappa shape index (κ1) is 27.4. The Labute approximate surface area is 204 Å². The lowest BCUT2D eigenvalue weighted by molar-refractivity contribution is -0.134. The SMILES string of the molecule is CN(CC1CCCCC1)C(=O)CCCCC1CCN(S(=O)(=O)C2(C(=O)NO)CCOCC2)CC1. The molecule has 2 saturated heterocycles. The van der Waals surface area contributed by atoms with Crippen LogP contribution in [0.4, 0.5) is 0 Å². The van der Waals surface area contributed by atoms with Gasteiger partial charge in [0, 0.05) is 59.2 Å². The molecule has 0 unspecified atom stereocenters. The summed E-state index contributed by atoms with van der Waals surface area (Å²) in [4.78, 5) is 26.8. The highest BCUT2D eigenvalue weighted by Crippen LogP contribution is 2.35. The van der Waals surface area contributed by atoms with Gasteiger partial charge in [-0.15, -0.1) is 0 Å². The molecule has 0 aromatic carbocycles. The van der Waals surface area contributed by atoms with Gasteiger partial charge in [-0.1, -0.05) is 32.1 Å². The number of amides is 2. The van der Waals surface area contributed by atoms with Gasteiger partial charge < -0.3 is 9.64 Å². The molecule has 0 bridgehead atoms. The molecule has 2 amide bonds. The van der Waals surface area contributed by atoms with Crippen molar-refractivity contribution in [2.45, 2.75) is 88.2 Å². The lowest BCUT2D eigenvalue weighted by Crippen LogP contribution is -2.60. The van der Waals surface area contributed by atoms with Gasteiger partial charge in [0.1, 0.15) is 0 Å². The van der Waals surface area contributed by atoms with E-state index in [4.69, 9.17) is 4.74 Å². The molecule has 3 rings (SSSR count). The molecule has 196 valence electrons. The second kappa shape index (κ2) is 12.6. The average molecular weight is 502 g/mol. The highest BCUT2D eigenvalue weighted by molar-refractivity contribution is 7.91. The van der Waals surface area contributed by atoms with Crippen LogP contribution in [0.3, 0.4) is 0 Å². The number of nitrogens with one attached hydrogen (secondary N) is 1. The third-order valence-electron chi connectivity index (χ3n) is 8.16. The fourth-order valence-electron chi connectivity index (χ4n) is 5.85. The zero-order chi connectivity index (χ0) is 24.6. The third-order valence-corrected chi connectivity index (χ3v) is 10.8. The molecule has 1 aliphatic carbocycles. The minimum absolute atomic E-state index is 0.0465. The van der Waals surface area contributed by atoms with Crippen molar-refractivity contribution in [2.75, 3.05) is 39.9 Å². The number of hydroxylamine groups is 1. The van der Waals surface area contributed by atoms with Gasteiger partial charge >= 0.3 is 0 Å². The van der Waals surface area contributed by atoms with Gasteiger partial charge in [-0.2, -0.15) is 0 Å². The molecule has 0 spiro atoms. The summed E-state index contributed by atoms with van der Waals surface area (Å²) in [6, 6.07) is 0. The third kappa shape index (κ3) is 6.50. The number of nitrogens with zero attached hydrogens (tertiary/aromatic N) is 2. The normalized spacial score (nSPS) is 22.9. The fraction of sp³-hybridized carbons (Fsp3) is 0.917. The summed E-state index contributed by atoms with van der Waals surface area (Å²) in [5.74, 6) is 0.457. The van der Waals surface area contributed by atoms with E-state index in [-0.39, 0.29) is 32.0 Å². The average Bonchev–Trinajstić information content (AvgIpc) is 2.87. The van der Waals surface area contributed by atoms with Gasteiger partial charge in [-0.05, 0) is 43.9 Å². The van der Waals surface area contributed by atoms with Gasteiger partial charge in [0.2, 0.25) is 15.9 Å². The summed E-state index contributed by atoms with van der Waals surface area (Å²) in [6.45, 7) is 2.01. The second-order valence-corrected chi connectivity index (χ2v) is 12.7. The van der Waals surface area contributed by atoms with Gasteiger partial charge in [-0.25, -0.2) is 18.2 Å². The highest BCUT2D eigenvalue weighted by Gasteiger charge is 2.54. The molecular weight excluding hydrogens is 458 g/mol. The maximum atomic E-state index is 13.4. The first-order chi connectivity index (χ1) is 16.3. The summed E-state index contributed by atoms with van der Waals surface area (Å²) >= 11 is 0. The standard InChI is InChI=1S/C24H43N3O6S/c1-26(19-21-8-3-2-4-9-21)22(28)10-6-5-7-20-11-15-27(16-12-20)34(31,32)24(23(29)25-30)13-17-33-18-14-24/h20-21,30H,2-19H2,1H3,(H,25,29). The monoisotopic (exact) mass is 501 g/mol. The Hall–Kier alpha value is -1.23. The van der Waals surface area contributed by atoms with Crippen molar-refractivity contribution in [1.29, 1.82) is 0 Å². The molecule has 34 heavy (non-hydrogen) atoms. The first-order valence-electron chi connectivity index (χ1n) is 13.1. The van der Waals surface area contributed by atoms with E-state index < -0.39 is 20.7 Å². The highest BCUT2D eigenvalue weighted by atomic mass is 32.2. The van der Waals surface area contributed by atoms with Gasteiger partial charge in [0.15, 0.2) is 4.75 Å². The number of carbonyl (C=O) groups excluding carboxylic acids is 2. The van der Waals surface area contributed by atoms with Gasteiger partial charge in [0.05, 0.1) is 0 Å². The molecule has 1 saturated carbocycles. The Morgan fingerprint density at radius 3 is 2.29 bits per heavy atom. The van der Waals surface area contributed by atoms with Crippen LogP contribution in [-0.2, 0) is 24.3 Å². The molecule has 0 aromatic heterocycles. The molecule has 2 aliphatic heterocycles. The van der Waals surface area contributed by atoms with E-state index in [0.29, 0.717) is 31.3 Å². The molecule has 9 nitrogen and oxygen atoms in total. The quantitative estimate of drug-likeness (QED) is 0.270. The van der Waals surface area contributed by atoms with Crippen molar-refractivity contribution in [2.24, 2.45) is 11.8 Å². The number of piperidine rings is 1. The van der Waals surface area contributed by atoms with Crippen LogP contribution < -0.4 is 5.48 Å². The fourth-order valence-corrected chi connectivity index (χ4v) is 8.00. The number of hydrogen-bond donors (Lipinski definition) is 2. The van der Waals surface area contributed by atoms with Crippen LogP contribution in [0.5, 0.6) is 0 Å². The summed E-state index contributed by atoms with van der Waals surface area (Å²) in [5, 5.41) is 9.18. The topological polar surface area (TPSA) is 116 Å². The lowest BCUT2D eigenvalue weighted by Gasteiger charge is -2.40. The van der Waals surface area contributed by atoms with Crippen LogP contribution >= 0.6 is 0 Å². The minimum atomic E-state index is -3.91. The lowest BCUT2D eigenvalue weighted by atomic mass is 9.89. The van der Waals surface area contributed by atoms with Crippen molar-refractivity contribution < 1.29 is 28.0 Å². The zero-order valence-corrected chi connectivity index (χ0v) is 21.5. The van der Waals surface area contributed by atoms with E-state index in [0.717, 1.165) is 38.6 Å². The van der Waals surface area contributed by atoms with Gasteiger partial charge in [-0.3, -0.25) is 14.8 Å². The number of unbranched alkanes of at least 4 members (excludes halogenated alkanes) is 1. The molecule has 0 radical (unpaired) electrons. The van der Waals surface area contributed by atoms with E-state index in [1.807, 2.05) is 11.9 Å². The van der Waals surface area contributed by atoms with Crippen molar-refractivity contribution in [3.05, 3.63) is 0 Å². The number of rotatable bonds is 10. The Bertz CT molecular complexity index is 770. The minimum Gasteiger partial charge on any atom is -0.381 e. The Balaban J connectivity index is 1.39. The second-order valence-electron chi connectivity index (χ2n) is 10.4. The van der Waals surface area contributed by atoms with Crippen molar-refractivity contribution in [3.63, 3.8) is 0 Å². The Kier molecular flexibility index (Phi) is 10.2. The molecule has 10 heteroatoms. The number of sulfonamides is 1. The van der Waals surface area contributed by atoms with Crippen LogP contribution in [0.15, 0.2) is 0 Å².